The lowest BCUT2D eigenvalue weighted by atomic mass is 9.99. The van der Waals surface area contributed by atoms with Gasteiger partial charge in [-0.15, -0.1) is 0 Å². The quantitative estimate of drug-likeness (QED) is 0.347. The minimum Gasteiger partial charge on any atom is -0.497 e. The first-order chi connectivity index (χ1) is 16.6. The van der Waals surface area contributed by atoms with Crippen molar-refractivity contribution < 1.29 is 4.74 Å². The molecular weight excluding hydrogens is 422 g/mol. The van der Waals surface area contributed by atoms with Crippen LogP contribution in [0.2, 0.25) is 0 Å². The normalized spacial score (nSPS) is 10.8. The number of nitriles is 1. The molecule has 0 fully saturated rings. The molecule has 0 saturated heterocycles. The van der Waals surface area contributed by atoms with Crippen LogP contribution in [-0.2, 0) is 0 Å². The summed E-state index contributed by atoms with van der Waals surface area (Å²) in [6, 6.07) is 30.0. The third kappa shape index (κ3) is 3.54. The van der Waals surface area contributed by atoms with Crippen molar-refractivity contribution in [2.24, 2.45) is 0 Å². The first-order valence-corrected chi connectivity index (χ1v) is 10.9. The molecule has 34 heavy (non-hydrogen) atoms. The number of methoxy groups -OCH3 is 1. The lowest BCUT2D eigenvalue weighted by Gasteiger charge is -2.17. The minimum absolute atomic E-state index is 0.504. The van der Waals surface area contributed by atoms with Gasteiger partial charge in [0.05, 0.1) is 35.1 Å². The summed E-state index contributed by atoms with van der Waals surface area (Å²) >= 11 is 0. The molecule has 0 unspecified atom stereocenters. The van der Waals surface area contributed by atoms with Crippen LogP contribution in [0.1, 0.15) is 5.56 Å². The molecule has 0 radical (unpaired) electrons. The summed E-state index contributed by atoms with van der Waals surface area (Å²) in [6.07, 6.45) is 0. The van der Waals surface area contributed by atoms with E-state index in [0.717, 1.165) is 39.5 Å². The number of benzene rings is 3. The molecule has 3 aromatic carbocycles. The molecule has 0 spiro atoms. The third-order valence-corrected chi connectivity index (χ3v) is 5.74. The van der Waals surface area contributed by atoms with Crippen molar-refractivity contribution in [3.63, 3.8) is 0 Å². The van der Waals surface area contributed by atoms with Gasteiger partial charge in [-0.25, -0.2) is 9.67 Å². The van der Waals surface area contributed by atoms with Crippen molar-refractivity contribution in [3.8, 4) is 40.0 Å². The molecule has 0 aliphatic rings. The van der Waals surface area contributed by atoms with E-state index in [4.69, 9.17) is 14.8 Å². The van der Waals surface area contributed by atoms with Crippen LogP contribution in [-0.4, -0.2) is 36.0 Å². The fourth-order valence-corrected chi connectivity index (χ4v) is 4.17. The number of aromatic nitrogens is 3. The van der Waals surface area contributed by atoms with Crippen molar-refractivity contribution in [1.29, 1.82) is 5.26 Å². The number of hydrogen-bond acceptors (Lipinski definition) is 5. The zero-order valence-electron chi connectivity index (χ0n) is 19.2. The maximum atomic E-state index is 10.3. The van der Waals surface area contributed by atoms with Crippen LogP contribution >= 0.6 is 0 Å². The van der Waals surface area contributed by atoms with E-state index >= 15 is 0 Å². The summed E-state index contributed by atoms with van der Waals surface area (Å²) in [5, 5.41) is 16.1. The Labute approximate surface area is 198 Å². The Balaban J connectivity index is 1.92. The van der Waals surface area contributed by atoms with E-state index in [9.17, 15) is 5.26 Å². The van der Waals surface area contributed by atoms with E-state index < -0.39 is 0 Å². The SMILES string of the molecule is COc1ccc(-n2nc3c(-c4ccccc4)nc(-c4ccccc4)c(C#N)c3c2N(C)C)cc1. The van der Waals surface area contributed by atoms with Crippen LogP contribution in [0.15, 0.2) is 84.9 Å². The Hall–Kier alpha value is -4.63. The van der Waals surface area contributed by atoms with Crippen molar-refractivity contribution in [3.05, 3.63) is 90.5 Å². The maximum absolute atomic E-state index is 10.3. The van der Waals surface area contributed by atoms with Gasteiger partial charge in [0.25, 0.3) is 0 Å². The maximum Gasteiger partial charge on any atom is 0.141 e. The fourth-order valence-electron chi connectivity index (χ4n) is 4.17. The summed E-state index contributed by atoms with van der Waals surface area (Å²) in [7, 11) is 5.56. The van der Waals surface area contributed by atoms with Gasteiger partial charge in [0.1, 0.15) is 23.2 Å². The molecule has 0 atom stereocenters. The van der Waals surface area contributed by atoms with E-state index in [1.165, 1.54) is 0 Å². The number of fused-ring (bicyclic) bond motifs is 1. The molecule has 0 N–H and O–H groups in total. The molecule has 0 aliphatic heterocycles. The molecule has 6 heteroatoms. The summed E-state index contributed by atoms with van der Waals surface area (Å²) in [4.78, 5) is 7.00. The number of nitrogens with zero attached hydrogens (tertiary/aromatic N) is 5. The predicted molar refractivity (Wildman–Crippen MR) is 135 cm³/mol. The van der Waals surface area contributed by atoms with Crippen LogP contribution < -0.4 is 9.64 Å². The Kier molecular flexibility index (Phi) is 5.44. The molecule has 2 heterocycles. The lowest BCUT2D eigenvalue weighted by Crippen LogP contribution is -2.14. The summed E-state index contributed by atoms with van der Waals surface area (Å²) in [6.45, 7) is 0. The van der Waals surface area contributed by atoms with Gasteiger partial charge >= 0.3 is 0 Å². The lowest BCUT2D eigenvalue weighted by molar-refractivity contribution is 0.414. The topological polar surface area (TPSA) is 67.0 Å². The van der Waals surface area contributed by atoms with Crippen LogP contribution in [0, 0.1) is 11.3 Å². The minimum atomic E-state index is 0.504. The molecule has 5 rings (SSSR count). The molecule has 6 nitrogen and oxygen atoms in total. The average Bonchev–Trinajstić information content (AvgIpc) is 3.29. The molecule has 0 saturated carbocycles. The molecule has 166 valence electrons. The van der Waals surface area contributed by atoms with Gasteiger partial charge in [-0.2, -0.15) is 10.4 Å². The first kappa shape index (κ1) is 21.2. The summed E-state index contributed by atoms with van der Waals surface area (Å²) < 4.78 is 7.20. The van der Waals surface area contributed by atoms with E-state index in [0.29, 0.717) is 16.8 Å². The van der Waals surface area contributed by atoms with Gasteiger partial charge in [-0.3, -0.25) is 0 Å². The highest BCUT2D eigenvalue weighted by Gasteiger charge is 2.25. The number of rotatable bonds is 5. The van der Waals surface area contributed by atoms with Crippen LogP contribution in [0.3, 0.4) is 0 Å². The van der Waals surface area contributed by atoms with Gasteiger partial charge in [0.2, 0.25) is 0 Å². The van der Waals surface area contributed by atoms with Crippen molar-refractivity contribution in [2.45, 2.75) is 0 Å². The molecule has 5 aromatic rings. The molecular formula is C28H23N5O. The number of hydrogen-bond donors (Lipinski definition) is 0. The van der Waals surface area contributed by atoms with Crippen LogP contribution in [0.25, 0.3) is 39.1 Å². The molecule has 0 amide bonds. The third-order valence-electron chi connectivity index (χ3n) is 5.74. The smallest absolute Gasteiger partial charge is 0.141 e. The fraction of sp³-hybridized carbons (Fsp3) is 0.107. The number of ether oxygens (including phenoxy) is 1. The Morgan fingerprint density at radius 3 is 1.94 bits per heavy atom. The van der Waals surface area contributed by atoms with Crippen molar-refractivity contribution in [2.75, 3.05) is 26.1 Å². The van der Waals surface area contributed by atoms with E-state index in [-0.39, 0.29) is 0 Å². The highest BCUT2D eigenvalue weighted by atomic mass is 16.5. The van der Waals surface area contributed by atoms with Crippen LogP contribution in [0.4, 0.5) is 5.82 Å². The van der Waals surface area contributed by atoms with E-state index in [1.54, 1.807) is 7.11 Å². The highest BCUT2D eigenvalue weighted by molar-refractivity contribution is 6.05. The molecule has 2 aromatic heterocycles. The van der Waals surface area contributed by atoms with Gasteiger partial charge < -0.3 is 9.64 Å². The van der Waals surface area contributed by atoms with Crippen LogP contribution in [0.5, 0.6) is 5.75 Å². The highest BCUT2D eigenvalue weighted by Crippen LogP contribution is 2.40. The van der Waals surface area contributed by atoms with Gasteiger partial charge in [0.15, 0.2) is 0 Å². The van der Waals surface area contributed by atoms with E-state index in [1.807, 2.05) is 109 Å². The molecule has 0 bridgehead atoms. The van der Waals surface area contributed by atoms with Crippen molar-refractivity contribution >= 4 is 16.7 Å². The Morgan fingerprint density at radius 1 is 0.824 bits per heavy atom. The number of pyridine rings is 1. The largest absolute Gasteiger partial charge is 0.497 e. The second-order valence-electron chi connectivity index (χ2n) is 8.08. The molecule has 0 aliphatic carbocycles. The first-order valence-electron chi connectivity index (χ1n) is 10.9. The second-order valence-corrected chi connectivity index (χ2v) is 8.08. The standard InChI is InChI=1S/C28H23N5O/c1-32(2)28-24-23(18-29)25(19-10-6-4-7-11-19)30-26(20-12-8-5-9-13-20)27(24)31-33(28)21-14-16-22(34-3)17-15-21/h4-17H,1-3H3. The number of anilines is 1. The summed E-state index contributed by atoms with van der Waals surface area (Å²) in [5.41, 5.74) is 5.27. The van der Waals surface area contributed by atoms with Crippen molar-refractivity contribution in [1.82, 2.24) is 14.8 Å². The zero-order valence-corrected chi connectivity index (χ0v) is 19.2. The van der Waals surface area contributed by atoms with Gasteiger partial charge in [-0.1, -0.05) is 60.7 Å². The predicted octanol–water partition coefficient (Wildman–Crippen LogP) is 5.70. The average molecular weight is 446 g/mol. The zero-order chi connectivity index (χ0) is 23.7. The van der Waals surface area contributed by atoms with E-state index in [2.05, 4.69) is 6.07 Å². The Morgan fingerprint density at radius 2 is 1.41 bits per heavy atom. The van der Waals surface area contributed by atoms with Gasteiger partial charge in [-0.05, 0) is 24.3 Å². The monoisotopic (exact) mass is 445 g/mol. The summed E-state index contributed by atoms with van der Waals surface area (Å²) in [5.74, 6) is 1.58. The Bertz CT molecular complexity index is 1500. The second kappa shape index (κ2) is 8.72. The van der Waals surface area contributed by atoms with Gasteiger partial charge in [0, 0.05) is 25.2 Å².